The first kappa shape index (κ1) is 13.6. The van der Waals surface area contributed by atoms with Crippen LogP contribution < -0.4 is 10.6 Å². The van der Waals surface area contributed by atoms with Crippen molar-refractivity contribution in [2.45, 2.75) is 57.0 Å². The molecule has 112 valence electrons. The number of thiocarbonyl (C=S) groups is 1. The molecule has 3 heteroatoms. The summed E-state index contributed by atoms with van der Waals surface area (Å²) in [4.78, 5) is 0. The van der Waals surface area contributed by atoms with Gasteiger partial charge in [-0.25, -0.2) is 0 Å². The minimum Gasteiger partial charge on any atom is -0.360 e. The predicted octanol–water partition coefficient (Wildman–Crippen LogP) is 3.72. The monoisotopic (exact) mass is 300 g/mol. The SMILES string of the molecule is S=C(N[C@H]1C[C@@H]2CC[C@@H]1C2)N[C@@H]1CCCc2ccccc21. The molecule has 3 aliphatic rings. The maximum absolute atomic E-state index is 5.59. The zero-order valence-electron chi connectivity index (χ0n) is 12.5. The van der Waals surface area contributed by atoms with Crippen LogP contribution in [0.15, 0.2) is 24.3 Å². The highest BCUT2D eigenvalue weighted by molar-refractivity contribution is 7.80. The van der Waals surface area contributed by atoms with Crippen LogP contribution >= 0.6 is 12.2 Å². The summed E-state index contributed by atoms with van der Waals surface area (Å²) in [6.45, 7) is 0. The molecule has 0 unspecified atom stereocenters. The van der Waals surface area contributed by atoms with Crippen LogP contribution in [0.4, 0.5) is 0 Å². The van der Waals surface area contributed by atoms with Gasteiger partial charge in [0.2, 0.25) is 0 Å². The van der Waals surface area contributed by atoms with E-state index in [0.29, 0.717) is 12.1 Å². The van der Waals surface area contributed by atoms with Gasteiger partial charge >= 0.3 is 0 Å². The zero-order valence-corrected chi connectivity index (χ0v) is 13.3. The first-order valence-electron chi connectivity index (χ1n) is 8.44. The van der Waals surface area contributed by atoms with Gasteiger partial charge in [0.05, 0.1) is 6.04 Å². The van der Waals surface area contributed by atoms with Gasteiger partial charge in [-0.2, -0.15) is 0 Å². The Labute approximate surface area is 132 Å². The number of hydrogen-bond donors (Lipinski definition) is 2. The Morgan fingerprint density at radius 3 is 2.76 bits per heavy atom. The average Bonchev–Trinajstić information content (AvgIpc) is 3.10. The van der Waals surface area contributed by atoms with Gasteiger partial charge in [0.25, 0.3) is 0 Å². The van der Waals surface area contributed by atoms with Crippen LogP contribution in [0, 0.1) is 11.8 Å². The summed E-state index contributed by atoms with van der Waals surface area (Å²) in [6, 6.07) is 9.83. The van der Waals surface area contributed by atoms with Gasteiger partial charge in [-0.3, -0.25) is 0 Å². The van der Waals surface area contributed by atoms with Crippen LogP contribution in [0.3, 0.4) is 0 Å². The fraction of sp³-hybridized carbons (Fsp3) is 0.611. The van der Waals surface area contributed by atoms with Crippen LogP contribution in [0.1, 0.15) is 55.7 Å². The minimum absolute atomic E-state index is 0.397. The predicted molar refractivity (Wildman–Crippen MR) is 90.2 cm³/mol. The van der Waals surface area contributed by atoms with Crippen molar-refractivity contribution in [3.63, 3.8) is 0 Å². The van der Waals surface area contributed by atoms with Crippen LogP contribution in [-0.4, -0.2) is 11.2 Å². The lowest BCUT2D eigenvalue weighted by Gasteiger charge is -2.30. The van der Waals surface area contributed by atoms with Gasteiger partial charge in [0.1, 0.15) is 0 Å². The molecule has 0 aliphatic heterocycles. The number of aryl methyl sites for hydroxylation is 1. The van der Waals surface area contributed by atoms with E-state index in [4.69, 9.17) is 12.2 Å². The van der Waals surface area contributed by atoms with Crippen LogP contribution in [0.2, 0.25) is 0 Å². The molecule has 2 nitrogen and oxygen atoms in total. The van der Waals surface area contributed by atoms with Crippen molar-refractivity contribution < 1.29 is 0 Å². The molecule has 0 heterocycles. The number of nitrogens with one attached hydrogen (secondary N) is 2. The number of fused-ring (bicyclic) bond motifs is 3. The van der Waals surface area contributed by atoms with E-state index in [9.17, 15) is 0 Å². The normalized spacial score (nSPS) is 33.5. The highest BCUT2D eigenvalue weighted by Crippen LogP contribution is 2.44. The Morgan fingerprint density at radius 2 is 1.95 bits per heavy atom. The summed E-state index contributed by atoms with van der Waals surface area (Å²) in [5, 5.41) is 8.06. The highest BCUT2D eigenvalue weighted by atomic mass is 32.1. The van der Waals surface area contributed by atoms with Gasteiger partial charge in [0, 0.05) is 6.04 Å². The quantitative estimate of drug-likeness (QED) is 0.814. The molecule has 2 N–H and O–H groups in total. The molecular weight excluding hydrogens is 276 g/mol. The number of rotatable bonds is 2. The largest absolute Gasteiger partial charge is 0.360 e. The van der Waals surface area contributed by atoms with E-state index >= 15 is 0 Å². The topological polar surface area (TPSA) is 24.1 Å². The third-order valence-electron chi connectivity index (χ3n) is 5.73. The summed E-state index contributed by atoms with van der Waals surface area (Å²) in [6.07, 6.45) is 9.25. The standard InChI is InChI=1S/C18H24N2S/c21-18(20-17-11-12-8-9-14(17)10-12)19-16-7-3-5-13-4-1-2-6-15(13)16/h1-2,4,6,12,14,16-17H,3,5,7-11H2,(H2,19,20,21)/t12-,14-,16-,17+/m1/s1. The lowest BCUT2D eigenvalue weighted by Crippen LogP contribution is -2.45. The smallest absolute Gasteiger partial charge is 0.167 e. The van der Waals surface area contributed by atoms with E-state index < -0.39 is 0 Å². The van der Waals surface area contributed by atoms with Gasteiger partial charge in [-0.05, 0) is 73.7 Å². The Balaban J connectivity index is 1.39. The van der Waals surface area contributed by atoms with E-state index in [2.05, 4.69) is 34.9 Å². The first-order valence-corrected chi connectivity index (χ1v) is 8.85. The van der Waals surface area contributed by atoms with E-state index in [1.165, 1.54) is 56.1 Å². The molecule has 1 aromatic carbocycles. The minimum atomic E-state index is 0.397. The molecule has 0 aromatic heterocycles. The second-order valence-corrected chi connectivity index (χ2v) is 7.45. The van der Waals surface area contributed by atoms with Crippen molar-refractivity contribution >= 4 is 17.3 Å². The van der Waals surface area contributed by atoms with Crippen molar-refractivity contribution in [3.8, 4) is 0 Å². The van der Waals surface area contributed by atoms with E-state index in [-0.39, 0.29) is 0 Å². The average molecular weight is 300 g/mol. The molecule has 4 atom stereocenters. The fourth-order valence-corrected chi connectivity index (χ4v) is 4.99. The van der Waals surface area contributed by atoms with Crippen molar-refractivity contribution in [3.05, 3.63) is 35.4 Å². The van der Waals surface area contributed by atoms with Crippen molar-refractivity contribution in [1.82, 2.24) is 10.6 Å². The summed E-state index contributed by atoms with van der Waals surface area (Å²) in [5.41, 5.74) is 2.94. The molecule has 2 bridgehead atoms. The number of benzene rings is 1. The van der Waals surface area contributed by atoms with Crippen molar-refractivity contribution in [1.29, 1.82) is 0 Å². The molecular formula is C18H24N2S. The highest BCUT2D eigenvalue weighted by Gasteiger charge is 2.39. The zero-order chi connectivity index (χ0) is 14.2. The molecule has 2 saturated carbocycles. The third kappa shape index (κ3) is 2.68. The Bertz CT molecular complexity index is 542. The molecule has 0 amide bonds. The van der Waals surface area contributed by atoms with Gasteiger partial charge < -0.3 is 10.6 Å². The van der Waals surface area contributed by atoms with Crippen molar-refractivity contribution in [2.24, 2.45) is 11.8 Å². The fourth-order valence-electron chi connectivity index (χ4n) is 4.69. The van der Waals surface area contributed by atoms with Crippen LogP contribution in [0.25, 0.3) is 0 Å². The molecule has 1 aromatic rings. The summed E-state index contributed by atoms with van der Waals surface area (Å²) in [5.74, 6) is 1.83. The van der Waals surface area contributed by atoms with E-state index in [1.807, 2.05) is 0 Å². The molecule has 21 heavy (non-hydrogen) atoms. The van der Waals surface area contributed by atoms with Gasteiger partial charge in [-0.1, -0.05) is 30.7 Å². The number of hydrogen-bond acceptors (Lipinski definition) is 1. The third-order valence-corrected chi connectivity index (χ3v) is 5.97. The van der Waals surface area contributed by atoms with Gasteiger partial charge in [0.15, 0.2) is 5.11 Å². The Hall–Kier alpha value is -1.09. The van der Waals surface area contributed by atoms with Crippen LogP contribution in [0.5, 0.6) is 0 Å². The second-order valence-electron chi connectivity index (χ2n) is 7.04. The molecule has 0 saturated heterocycles. The first-order chi connectivity index (χ1) is 10.3. The molecule has 0 spiro atoms. The summed E-state index contributed by atoms with van der Waals surface area (Å²) < 4.78 is 0. The molecule has 3 aliphatic carbocycles. The Morgan fingerprint density at radius 1 is 1.05 bits per heavy atom. The molecule has 2 fully saturated rings. The molecule has 4 rings (SSSR count). The van der Waals surface area contributed by atoms with E-state index in [0.717, 1.165) is 16.9 Å². The van der Waals surface area contributed by atoms with Crippen molar-refractivity contribution in [2.75, 3.05) is 0 Å². The second kappa shape index (κ2) is 5.60. The lowest BCUT2D eigenvalue weighted by atomic mass is 9.88. The van der Waals surface area contributed by atoms with Gasteiger partial charge in [-0.15, -0.1) is 0 Å². The maximum Gasteiger partial charge on any atom is 0.167 e. The molecule has 0 radical (unpaired) electrons. The summed E-state index contributed by atoms with van der Waals surface area (Å²) in [7, 11) is 0. The summed E-state index contributed by atoms with van der Waals surface area (Å²) >= 11 is 5.59. The Kier molecular flexibility index (Phi) is 3.62. The lowest BCUT2D eigenvalue weighted by molar-refractivity contribution is 0.386. The maximum atomic E-state index is 5.59. The van der Waals surface area contributed by atoms with E-state index in [1.54, 1.807) is 0 Å². The van der Waals surface area contributed by atoms with Crippen LogP contribution in [-0.2, 0) is 6.42 Å².